The van der Waals surface area contributed by atoms with Crippen molar-refractivity contribution in [3.63, 3.8) is 0 Å². The van der Waals surface area contributed by atoms with Gasteiger partial charge in [0.2, 0.25) is 0 Å². The molecule has 0 bridgehead atoms. The SMILES string of the molecule is c1ccc(-c2ccc(N(c3ccc(-c4ccccc4)cc3)c3ccc4c(c3)C3(c5ccccc5-c5ccccc53)c3cc(-c5cccc(-c6cccc7ccccc67)c5)ccc3-4)cc2)cc1. The van der Waals surface area contributed by atoms with Gasteiger partial charge in [0.25, 0.3) is 0 Å². The Kier molecular flexibility index (Phi) is 8.82. The van der Waals surface area contributed by atoms with Crippen molar-refractivity contribution in [2.75, 3.05) is 4.90 Å². The molecule has 0 amide bonds. The first-order chi connectivity index (χ1) is 32.7. The minimum atomic E-state index is -0.531. The number of rotatable bonds is 7. The second-order valence-electron chi connectivity index (χ2n) is 17.6. The lowest BCUT2D eigenvalue weighted by molar-refractivity contribution is 0.794. The van der Waals surface area contributed by atoms with Crippen molar-refractivity contribution in [1.82, 2.24) is 0 Å². The van der Waals surface area contributed by atoms with E-state index in [4.69, 9.17) is 0 Å². The molecule has 0 unspecified atom stereocenters. The van der Waals surface area contributed by atoms with Crippen molar-refractivity contribution in [3.05, 3.63) is 283 Å². The monoisotopic (exact) mass is 837 g/mol. The molecule has 0 fully saturated rings. The molecule has 0 saturated carbocycles. The molecule has 0 aliphatic heterocycles. The van der Waals surface area contributed by atoms with E-state index in [1.807, 2.05) is 0 Å². The summed E-state index contributed by atoms with van der Waals surface area (Å²) < 4.78 is 0. The van der Waals surface area contributed by atoms with Gasteiger partial charge < -0.3 is 4.90 Å². The minimum absolute atomic E-state index is 0.531. The number of fused-ring (bicyclic) bond motifs is 11. The van der Waals surface area contributed by atoms with Crippen molar-refractivity contribution in [1.29, 1.82) is 0 Å². The standard InChI is InChI=1S/C65H43N/c1-3-15-44(16-4-1)46-29-34-52(35-30-46)66(53-36-31-47(32-37-53)45-17-5-2-6-18-45)54-38-40-60-59-39-33-50(49-21-13-22-51(41-49)56-26-14-20-48-19-7-8-23-55(48)56)42-63(59)65(64(60)43-54)61-27-11-9-24-57(61)58-25-10-12-28-62(58)65/h1-43H. The predicted molar refractivity (Wildman–Crippen MR) is 277 cm³/mol. The highest BCUT2D eigenvalue weighted by atomic mass is 15.1. The molecule has 66 heavy (non-hydrogen) atoms. The second-order valence-corrected chi connectivity index (χ2v) is 17.6. The summed E-state index contributed by atoms with van der Waals surface area (Å²) in [5, 5.41) is 2.52. The molecule has 2 aliphatic rings. The van der Waals surface area contributed by atoms with Gasteiger partial charge in [0.15, 0.2) is 0 Å². The third kappa shape index (κ3) is 5.94. The molecule has 11 aromatic carbocycles. The van der Waals surface area contributed by atoms with Crippen molar-refractivity contribution in [2.45, 2.75) is 5.41 Å². The summed E-state index contributed by atoms with van der Waals surface area (Å²) >= 11 is 0. The summed E-state index contributed by atoms with van der Waals surface area (Å²) in [5.41, 5.74) is 22.9. The Hall–Kier alpha value is -8.52. The summed E-state index contributed by atoms with van der Waals surface area (Å²) in [6, 6.07) is 96.4. The zero-order valence-corrected chi connectivity index (χ0v) is 36.3. The van der Waals surface area contributed by atoms with Gasteiger partial charge in [-0.1, -0.05) is 212 Å². The average Bonchev–Trinajstić information content (AvgIpc) is 3.86. The molecule has 13 rings (SSSR count). The molecule has 0 saturated heterocycles. The number of hydrogen-bond acceptors (Lipinski definition) is 1. The molecule has 0 atom stereocenters. The van der Waals surface area contributed by atoms with Crippen LogP contribution in [-0.2, 0) is 5.41 Å². The molecular formula is C65H43N. The van der Waals surface area contributed by atoms with Gasteiger partial charge in [-0.05, 0) is 148 Å². The van der Waals surface area contributed by atoms with Crippen molar-refractivity contribution in [2.24, 2.45) is 0 Å². The Morgan fingerprint density at radius 1 is 0.227 bits per heavy atom. The van der Waals surface area contributed by atoms with E-state index in [0.29, 0.717) is 0 Å². The molecule has 0 radical (unpaired) electrons. The van der Waals surface area contributed by atoms with Crippen LogP contribution in [0.4, 0.5) is 17.1 Å². The highest BCUT2D eigenvalue weighted by Gasteiger charge is 2.52. The van der Waals surface area contributed by atoms with Crippen LogP contribution in [0, 0.1) is 0 Å². The highest BCUT2D eigenvalue weighted by Crippen LogP contribution is 2.64. The van der Waals surface area contributed by atoms with Crippen LogP contribution >= 0.6 is 0 Å². The van der Waals surface area contributed by atoms with E-state index in [2.05, 4.69) is 266 Å². The number of hydrogen-bond donors (Lipinski definition) is 0. The Balaban J connectivity index is 1.00. The Labute approximate surface area is 386 Å². The Bertz CT molecular complexity index is 3490. The number of benzene rings is 11. The fourth-order valence-electron chi connectivity index (χ4n) is 11.1. The van der Waals surface area contributed by atoms with Crippen LogP contribution < -0.4 is 4.90 Å². The maximum absolute atomic E-state index is 2.50. The van der Waals surface area contributed by atoms with E-state index in [1.165, 1.54) is 99.8 Å². The van der Waals surface area contributed by atoms with Gasteiger partial charge in [0, 0.05) is 17.1 Å². The quantitative estimate of drug-likeness (QED) is 0.155. The van der Waals surface area contributed by atoms with Gasteiger partial charge >= 0.3 is 0 Å². The van der Waals surface area contributed by atoms with Crippen molar-refractivity contribution >= 4 is 27.8 Å². The van der Waals surface area contributed by atoms with E-state index in [-0.39, 0.29) is 0 Å². The lowest BCUT2D eigenvalue weighted by Gasteiger charge is -2.32. The van der Waals surface area contributed by atoms with E-state index < -0.39 is 5.41 Å². The molecule has 1 nitrogen and oxygen atoms in total. The van der Waals surface area contributed by atoms with Crippen molar-refractivity contribution in [3.8, 4) is 66.8 Å². The molecule has 308 valence electrons. The zero-order chi connectivity index (χ0) is 43.6. The third-order valence-corrected chi connectivity index (χ3v) is 14.1. The molecule has 0 heterocycles. The van der Waals surface area contributed by atoms with Gasteiger partial charge in [-0.2, -0.15) is 0 Å². The predicted octanol–water partition coefficient (Wildman–Crippen LogP) is 17.3. The summed E-state index contributed by atoms with van der Waals surface area (Å²) in [6.45, 7) is 0. The summed E-state index contributed by atoms with van der Waals surface area (Å²) in [6.07, 6.45) is 0. The maximum atomic E-state index is 2.50. The van der Waals surface area contributed by atoms with E-state index in [9.17, 15) is 0 Å². The first kappa shape index (κ1) is 38.0. The van der Waals surface area contributed by atoms with Crippen LogP contribution in [0.2, 0.25) is 0 Å². The zero-order valence-electron chi connectivity index (χ0n) is 36.3. The van der Waals surface area contributed by atoms with Crippen LogP contribution in [0.1, 0.15) is 22.3 Å². The summed E-state index contributed by atoms with van der Waals surface area (Å²) in [4.78, 5) is 2.43. The lowest BCUT2D eigenvalue weighted by Crippen LogP contribution is -2.26. The van der Waals surface area contributed by atoms with Crippen LogP contribution in [0.15, 0.2) is 261 Å². The molecular weight excluding hydrogens is 795 g/mol. The van der Waals surface area contributed by atoms with Gasteiger partial charge in [0.05, 0.1) is 5.41 Å². The molecule has 2 aliphatic carbocycles. The normalized spacial score (nSPS) is 12.7. The van der Waals surface area contributed by atoms with Gasteiger partial charge in [-0.3, -0.25) is 0 Å². The van der Waals surface area contributed by atoms with Gasteiger partial charge in [0.1, 0.15) is 0 Å². The summed E-state index contributed by atoms with van der Waals surface area (Å²) in [5.74, 6) is 0. The van der Waals surface area contributed by atoms with E-state index in [1.54, 1.807) is 0 Å². The smallest absolute Gasteiger partial charge is 0.0726 e. The highest BCUT2D eigenvalue weighted by molar-refractivity contribution is 5.99. The largest absolute Gasteiger partial charge is 0.310 e. The second kappa shape index (κ2) is 15.3. The molecule has 11 aromatic rings. The number of anilines is 3. The van der Waals surface area contributed by atoms with Crippen LogP contribution in [0.5, 0.6) is 0 Å². The topological polar surface area (TPSA) is 3.24 Å². The number of nitrogens with zero attached hydrogens (tertiary/aromatic N) is 1. The van der Waals surface area contributed by atoms with Gasteiger partial charge in [-0.15, -0.1) is 0 Å². The van der Waals surface area contributed by atoms with E-state index in [0.717, 1.165) is 17.1 Å². The molecule has 0 aromatic heterocycles. The molecule has 1 heteroatoms. The van der Waals surface area contributed by atoms with Crippen molar-refractivity contribution < 1.29 is 0 Å². The molecule has 1 spiro atoms. The Morgan fingerprint density at radius 2 is 0.636 bits per heavy atom. The fourth-order valence-corrected chi connectivity index (χ4v) is 11.1. The minimum Gasteiger partial charge on any atom is -0.310 e. The van der Waals surface area contributed by atoms with Crippen LogP contribution in [0.25, 0.3) is 77.5 Å². The fraction of sp³-hybridized carbons (Fsp3) is 0.0154. The maximum Gasteiger partial charge on any atom is 0.0726 e. The first-order valence-electron chi connectivity index (χ1n) is 22.9. The van der Waals surface area contributed by atoms with Crippen LogP contribution in [-0.4, -0.2) is 0 Å². The van der Waals surface area contributed by atoms with Gasteiger partial charge in [-0.25, -0.2) is 0 Å². The average molecular weight is 838 g/mol. The lowest BCUT2D eigenvalue weighted by atomic mass is 9.70. The van der Waals surface area contributed by atoms with Crippen LogP contribution in [0.3, 0.4) is 0 Å². The van der Waals surface area contributed by atoms with E-state index >= 15 is 0 Å². The third-order valence-electron chi connectivity index (χ3n) is 14.1. The molecule has 0 N–H and O–H groups in total. The summed E-state index contributed by atoms with van der Waals surface area (Å²) in [7, 11) is 0. The Morgan fingerprint density at radius 3 is 1.29 bits per heavy atom. The first-order valence-corrected chi connectivity index (χ1v) is 22.9.